The predicted octanol–water partition coefficient (Wildman–Crippen LogP) is 3.10. The molecule has 0 spiro atoms. The molecular formula is C15H19NO4. The van der Waals surface area contributed by atoms with Crippen LogP contribution in [0.2, 0.25) is 0 Å². The first kappa shape index (κ1) is 13.2. The van der Waals surface area contributed by atoms with Gasteiger partial charge in [-0.05, 0) is 31.9 Å². The van der Waals surface area contributed by atoms with E-state index in [0.29, 0.717) is 11.5 Å². The summed E-state index contributed by atoms with van der Waals surface area (Å²) < 4.78 is 16.6. The van der Waals surface area contributed by atoms with Crippen LogP contribution in [0, 0.1) is 0 Å². The van der Waals surface area contributed by atoms with Crippen molar-refractivity contribution in [1.82, 2.24) is 4.90 Å². The number of carbonyl (C=O) groups is 1. The van der Waals surface area contributed by atoms with Gasteiger partial charge in [0.15, 0.2) is 6.29 Å². The fraction of sp³-hybridized carbons (Fsp3) is 0.533. The Hall–Kier alpha value is -1.75. The molecule has 1 aromatic rings. The Morgan fingerprint density at radius 2 is 2.20 bits per heavy atom. The van der Waals surface area contributed by atoms with Gasteiger partial charge in [-0.2, -0.15) is 0 Å². The van der Waals surface area contributed by atoms with E-state index in [1.807, 2.05) is 19.1 Å². The molecular weight excluding hydrogens is 258 g/mol. The Labute approximate surface area is 118 Å². The molecule has 5 heteroatoms. The van der Waals surface area contributed by atoms with Gasteiger partial charge in [0.1, 0.15) is 11.5 Å². The van der Waals surface area contributed by atoms with Gasteiger partial charge in [0.05, 0.1) is 12.6 Å². The lowest BCUT2D eigenvalue weighted by Gasteiger charge is -2.31. The second-order valence-electron chi connectivity index (χ2n) is 5.27. The summed E-state index contributed by atoms with van der Waals surface area (Å²) in [6.07, 6.45) is 2.57. The maximum absolute atomic E-state index is 11.7. The van der Waals surface area contributed by atoms with Crippen LogP contribution in [0.5, 0.6) is 11.5 Å². The Bertz CT molecular complexity index is 511. The summed E-state index contributed by atoms with van der Waals surface area (Å²) in [5, 5.41) is 0. The molecule has 1 saturated heterocycles. The molecule has 20 heavy (non-hydrogen) atoms. The van der Waals surface area contributed by atoms with Gasteiger partial charge in [-0.1, -0.05) is 0 Å². The van der Waals surface area contributed by atoms with E-state index in [4.69, 9.17) is 14.2 Å². The molecule has 1 amide bonds. The molecule has 0 aromatic heterocycles. The monoisotopic (exact) mass is 277 g/mol. The molecule has 2 aliphatic heterocycles. The molecule has 0 saturated carbocycles. The van der Waals surface area contributed by atoms with E-state index >= 15 is 0 Å². The van der Waals surface area contributed by atoms with E-state index in [9.17, 15) is 4.79 Å². The number of nitrogens with zero attached hydrogens (tertiary/aromatic N) is 1. The topological polar surface area (TPSA) is 48.0 Å². The lowest BCUT2D eigenvalue weighted by Crippen LogP contribution is -2.36. The molecule has 2 unspecified atom stereocenters. The SMILES string of the molecule is CC1c2ccc(OC3CCCCO3)cc2OC(=O)N1C. The van der Waals surface area contributed by atoms with Gasteiger partial charge >= 0.3 is 6.09 Å². The molecule has 3 rings (SSSR count). The normalized spacial score (nSPS) is 25.9. The van der Waals surface area contributed by atoms with Crippen LogP contribution in [-0.4, -0.2) is 30.9 Å². The summed E-state index contributed by atoms with van der Waals surface area (Å²) in [6, 6.07) is 5.63. The first-order valence-corrected chi connectivity index (χ1v) is 7.02. The summed E-state index contributed by atoms with van der Waals surface area (Å²) >= 11 is 0. The Morgan fingerprint density at radius 1 is 1.35 bits per heavy atom. The summed E-state index contributed by atoms with van der Waals surface area (Å²) in [6.45, 7) is 2.72. The van der Waals surface area contributed by atoms with Gasteiger partial charge in [0.25, 0.3) is 0 Å². The number of benzene rings is 1. The van der Waals surface area contributed by atoms with E-state index in [1.54, 1.807) is 18.0 Å². The van der Waals surface area contributed by atoms with Crippen LogP contribution in [0.15, 0.2) is 18.2 Å². The maximum Gasteiger partial charge on any atom is 0.415 e. The minimum absolute atomic E-state index is 0.00577. The van der Waals surface area contributed by atoms with Crippen molar-refractivity contribution in [1.29, 1.82) is 0 Å². The number of carbonyl (C=O) groups excluding carboxylic acids is 1. The van der Waals surface area contributed by atoms with Crippen LogP contribution >= 0.6 is 0 Å². The fourth-order valence-corrected chi connectivity index (χ4v) is 2.51. The van der Waals surface area contributed by atoms with Crippen LogP contribution < -0.4 is 9.47 Å². The highest BCUT2D eigenvalue weighted by molar-refractivity contribution is 5.74. The molecule has 0 radical (unpaired) electrons. The van der Waals surface area contributed by atoms with Crippen LogP contribution in [0.4, 0.5) is 4.79 Å². The van der Waals surface area contributed by atoms with E-state index in [-0.39, 0.29) is 18.4 Å². The van der Waals surface area contributed by atoms with Crippen molar-refractivity contribution >= 4 is 6.09 Å². The summed E-state index contributed by atoms with van der Waals surface area (Å²) in [7, 11) is 1.73. The van der Waals surface area contributed by atoms with Gasteiger partial charge in [-0.3, -0.25) is 0 Å². The molecule has 0 N–H and O–H groups in total. The molecule has 0 bridgehead atoms. The van der Waals surface area contributed by atoms with Crippen LogP contribution in [0.25, 0.3) is 0 Å². The third kappa shape index (κ3) is 2.45. The zero-order chi connectivity index (χ0) is 14.1. The number of hydrogen-bond acceptors (Lipinski definition) is 4. The third-order valence-electron chi connectivity index (χ3n) is 3.91. The van der Waals surface area contributed by atoms with Gasteiger partial charge in [0, 0.05) is 25.1 Å². The minimum Gasteiger partial charge on any atom is -0.465 e. The van der Waals surface area contributed by atoms with Crippen molar-refractivity contribution in [2.45, 2.75) is 38.5 Å². The number of fused-ring (bicyclic) bond motifs is 1. The van der Waals surface area contributed by atoms with E-state index in [0.717, 1.165) is 31.4 Å². The van der Waals surface area contributed by atoms with Crippen LogP contribution in [-0.2, 0) is 4.74 Å². The second-order valence-corrected chi connectivity index (χ2v) is 5.27. The Kier molecular flexibility index (Phi) is 3.53. The Morgan fingerprint density at radius 3 is 2.95 bits per heavy atom. The van der Waals surface area contributed by atoms with E-state index in [1.165, 1.54) is 0 Å². The maximum atomic E-state index is 11.7. The molecule has 5 nitrogen and oxygen atoms in total. The lowest BCUT2D eigenvalue weighted by molar-refractivity contribution is -0.105. The highest BCUT2D eigenvalue weighted by Gasteiger charge is 2.29. The molecule has 2 aliphatic rings. The van der Waals surface area contributed by atoms with Gasteiger partial charge < -0.3 is 19.1 Å². The highest BCUT2D eigenvalue weighted by Crippen LogP contribution is 2.36. The average molecular weight is 277 g/mol. The van der Waals surface area contributed by atoms with Gasteiger partial charge in [0.2, 0.25) is 0 Å². The second kappa shape index (κ2) is 5.32. The largest absolute Gasteiger partial charge is 0.465 e. The summed E-state index contributed by atoms with van der Waals surface area (Å²) in [5.41, 5.74) is 0.990. The number of ether oxygens (including phenoxy) is 3. The first-order chi connectivity index (χ1) is 9.65. The van der Waals surface area contributed by atoms with Crippen molar-refractivity contribution in [3.63, 3.8) is 0 Å². The highest BCUT2D eigenvalue weighted by atomic mass is 16.7. The van der Waals surface area contributed by atoms with Crippen molar-refractivity contribution in [3.05, 3.63) is 23.8 Å². The quantitative estimate of drug-likeness (QED) is 0.833. The first-order valence-electron chi connectivity index (χ1n) is 7.02. The predicted molar refractivity (Wildman–Crippen MR) is 72.9 cm³/mol. The fourth-order valence-electron chi connectivity index (χ4n) is 2.51. The van der Waals surface area contributed by atoms with Gasteiger partial charge in [-0.15, -0.1) is 0 Å². The number of amides is 1. The zero-order valence-corrected chi connectivity index (χ0v) is 11.8. The van der Waals surface area contributed by atoms with Crippen molar-refractivity contribution < 1.29 is 19.0 Å². The smallest absolute Gasteiger partial charge is 0.415 e. The summed E-state index contributed by atoms with van der Waals surface area (Å²) in [4.78, 5) is 13.3. The van der Waals surface area contributed by atoms with Crippen molar-refractivity contribution in [2.24, 2.45) is 0 Å². The lowest BCUT2D eigenvalue weighted by atomic mass is 10.0. The van der Waals surface area contributed by atoms with Crippen LogP contribution in [0.3, 0.4) is 0 Å². The van der Waals surface area contributed by atoms with E-state index in [2.05, 4.69) is 0 Å². The molecule has 108 valence electrons. The van der Waals surface area contributed by atoms with Gasteiger partial charge in [-0.25, -0.2) is 4.79 Å². The van der Waals surface area contributed by atoms with E-state index < -0.39 is 0 Å². The molecule has 2 atom stereocenters. The average Bonchev–Trinajstić information content (AvgIpc) is 2.46. The molecule has 1 fully saturated rings. The summed E-state index contributed by atoms with van der Waals surface area (Å²) in [5.74, 6) is 1.26. The van der Waals surface area contributed by atoms with Crippen molar-refractivity contribution in [3.8, 4) is 11.5 Å². The van der Waals surface area contributed by atoms with Crippen molar-refractivity contribution in [2.75, 3.05) is 13.7 Å². The Balaban J connectivity index is 1.78. The number of rotatable bonds is 2. The third-order valence-corrected chi connectivity index (χ3v) is 3.91. The van der Waals surface area contributed by atoms with Crippen LogP contribution in [0.1, 0.15) is 37.8 Å². The zero-order valence-electron chi connectivity index (χ0n) is 11.8. The number of hydrogen-bond donors (Lipinski definition) is 0. The minimum atomic E-state index is -0.337. The molecule has 2 heterocycles. The molecule has 1 aromatic carbocycles. The molecule has 0 aliphatic carbocycles. The standard InChI is InChI=1S/C15H19NO4/c1-10-12-7-6-11(19-14-5-3-4-8-18-14)9-13(12)20-15(17)16(10)2/h6-7,9-10,14H,3-5,8H2,1-2H3.